The molecule has 18 heavy (non-hydrogen) atoms. The van der Waals surface area contributed by atoms with Gasteiger partial charge in [0.1, 0.15) is 0 Å². The molecule has 2 aromatic rings. The average Bonchev–Trinajstić information content (AvgIpc) is 2.77. The van der Waals surface area contributed by atoms with Crippen molar-refractivity contribution < 1.29 is 13.2 Å². The zero-order chi connectivity index (χ0) is 13.3. The van der Waals surface area contributed by atoms with Crippen LogP contribution < -0.4 is 5.73 Å². The highest BCUT2D eigenvalue weighted by atomic mass is 19.4. The van der Waals surface area contributed by atoms with Crippen LogP contribution in [0.1, 0.15) is 24.1 Å². The Morgan fingerprint density at radius 2 is 1.94 bits per heavy atom. The highest BCUT2D eigenvalue weighted by molar-refractivity contribution is 5.42. The maximum absolute atomic E-state index is 12.5. The number of hydrogen-bond donors (Lipinski definition) is 1. The van der Waals surface area contributed by atoms with E-state index in [0.29, 0.717) is 5.69 Å². The van der Waals surface area contributed by atoms with Crippen LogP contribution >= 0.6 is 0 Å². The summed E-state index contributed by atoms with van der Waals surface area (Å²) in [5.41, 5.74) is 6.31. The zero-order valence-corrected chi connectivity index (χ0v) is 9.65. The number of aromatic nitrogens is 2. The fourth-order valence-electron chi connectivity index (χ4n) is 1.68. The second kappa shape index (κ2) is 4.45. The second-order valence-electron chi connectivity index (χ2n) is 4.02. The molecule has 1 aromatic heterocycles. The van der Waals surface area contributed by atoms with Gasteiger partial charge in [-0.1, -0.05) is 18.2 Å². The quantitative estimate of drug-likeness (QED) is 0.896. The number of para-hydroxylation sites is 1. The van der Waals surface area contributed by atoms with E-state index < -0.39 is 11.7 Å². The molecule has 1 atom stereocenters. The van der Waals surface area contributed by atoms with Crippen LogP contribution in [0.15, 0.2) is 36.7 Å². The number of hydrogen-bond acceptors (Lipinski definition) is 2. The largest absolute Gasteiger partial charge is 0.419 e. The lowest BCUT2D eigenvalue weighted by molar-refractivity contribution is -0.137. The highest BCUT2D eigenvalue weighted by Crippen LogP contribution is 2.29. The minimum absolute atomic E-state index is 0.278. The molecule has 0 saturated carbocycles. The van der Waals surface area contributed by atoms with Crippen molar-refractivity contribution in [2.75, 3.05) is 0 Å². The van der Waals surface area contributed by atoms with E-state index in [4.69, 9.17) is 5.73 Å². The van der Waals surface area contributed by atoms with Crippen molar-refractivity contribution in [1.82, 2.24) is 9.78 Å². The fourth-order valence-corrected chi connectivity index (χ4v) is 1.68. The van der Waals surface area contributed by atoms with Gasteiger partial charge in [-0.15, -0.1) is 0 Å². The first-order chi connectivity index (χ1) is 8.39. The third kappa shape index (κ3) is 2.38. The van der Waals surface area contributed by atoms with Crippen molar-refractivity contribution >= 4 is 0 Å². The number of nitrogens with two attached hydrogens (primary N) is 1. The van der Waals surface area contributed by atoms with Gasteiger partial charge in [0.25, 0.3) is 0 Å². The molecule has 0 aliphatic rings. The number of alkyl halides is 3. The molecule has 0 spiro atoms. The van der Waals surface area contributed by atoms with Crippen LogP contribution in [-0.2, 0) is 6.18 Å². The van der Waals surface area contributed by atoms with Gasteiger partial charge in [-0.05, 0) is 18.6 Å². The Morgan fingerprint density at radius 3 is 2.50 bits per heavy atom. The molecular weight excluding hydrogens is 243 g/mol. The van der Waals surface area contributed by atoms with Gasteiger partial charge < -0.3 is 5.73 Å². The summed E-state index contributed by atoms with van der Waals surface area (Å²) in [6.07, 6.45) is -2.62. The summed E-state index contributed by atoms with van der Waals surface area (Å²) in [6.45, 7) is 1.77. The molecule has 0 fully saturated rings. The lowest BCUT2D eigenvalue weighted by Gasteiger charge is -2.12. The molecule has 0 saturated heterocycles. The van der Waals surface area contributed by atoms with E-state index in [9.17, 15) is 13.2 Å². The summed E-state index contributed by atoms with van der Waals surface area (Å²) in [4.78, 5) is 0. The van der Waals surface area contributed by atoms with Crippen molar-refractivity contribution in [2.45, 2.75) is 19.1 Å². The highest BCUT2D eigenvalue weighted by Gasteiger charge is 2.32. The molecule has 1 heterocycles. The van der Waals surface area contributed by atoms with Gasteiger partial charge in [-0.25, -0.2) is 4.68 Å². The fraction of sp³-hybridized carbons (Fsp3) is 0.250. The summed E-state index contributed by atoms with van der Waals surface area (Å²) in [5, 5.41) is 3.74. The maximum Gasteiger partial charge on any atom is 0.419 e. The molecule has 3 nitrogen and oxygen atoms in total. The van der Waals surface area contributed by atoms with E-state index in [1.54, 1.807) is 31.2 Å². The zero-order valence-electron chi connectivity index (χ0n) is 9.65. The first-order valence-electron chi connectivity index (χ1n) is 5.36. The molecule has 2 N–H and O–H groups in total. The van der Waals surface area contributed by atoms with E-state index in [-0.39, 0.29) is 6.04 Å². The number of nitrogens with zero attached hydrogens (tertiary/aromatic N) is 2. The van der Waals surface area contributed by atoms with Gasteiger partial charge in [0, 0.05) is 12.2 Å². The molecule has 0 radical (unpaired) electrons. The summed E-state index contributed by atoms with van der Waals surface area (Å²) < 4.78 is 38.7. The van der Waals surface area contributed by atoms with Gasteiger partial charge in [0.2, 0.25) is 0 Å². The maximum atomic E-state index is 12.5. The molecular formula is C12H12F3N3. The SMILES string of the molecule is C[C@H](N)c1ccccc1-n1cc(C(F)(F)F)cn1. The van der Waals surface area contributed by atoms with Gasteiger partial charge in [0.05, 0.1) is 17.4 Å². The van der Waals surface area contributed by atoms with E-state index in [1.807, 2.05) is 0 Å². The minimum Gasteiger partial charge on any atom is -0.324 e. The van der Waals surface area contributed by atoms with E-state index in [2.05, 4.69) is 5.10 Å². The van der Waals surface area contributed by atoms with Gasteiger partial charge in [-0.2, -0.15) is 18.3 Å². The molecule has 6 heteroatoms. The topological polar surface area (TPSA) is 43.8 Å². The van der Waals surface area contributed by atoms with Crippen LogP contribution in [0.5, 0.6) is 0 Å². The van der Waals surface area contributed by atoms with Crippen LogP contribution in [0.2, 0.25) is 0 Å². The van der Waals surface area contributed by atoms with Gasteiger partial charge in [-0.3, -0.25) is 0 Å². The van der Waals surface area contributed by atoms with Crippen molar-refractivity contribution in [1.29, 1.82) is 0 Å². The summed E-state index contributed by atoms with van der Waals surface area (Å²) in [7, 11) is 0. The van der Waals surface area contributed by atoms with Crippen molar-refractivity contribution in [2.24, 2.45) is 5.73 Å². The standard InChI is InChI=1S/C12H12F3N3/c1-8(16)10-4-2-3-5-11(10)18-7-9(6-17-18)12(13,14)15/h2-8H,16H2,1H3/t8-/m0/s1. The number of benzene rings is 1. The number of halogens is 3. The number of rotatable bonds is 2. The van der Waals surface area contributed by atoms with Gasteiger partial charge in [0.15, 0.2) is 0 Å². The lowest BCUT2D eigenvalue weighted by Crippen LogP contribution is -2.10. The monoisotopic (exact) mass is 255 g/mol. The van der Waals surface area contributed by atoms with Crippen molar-refractivity contribution in [3.63, 3.8) is 0 Å². The minimum atomic E-state index is -4.39. The van der Waals surface area contributed by atoms with Crippen LogP contribution in [-0.4, -0.2) is 9.78 Å². The summed E-state index contributed by atoms with van der Waals surface area (Å²) in [6, 6.07) is 6.70. The summed E-state index contributed by atoms with van der Waals surface area (Å²) in [5.74, 6) is 0. The van der Waals surface area contributed by atoms with Crippen molar-refractivity contribution in [3.05, 3.63) is 47.8 Å². The first kappa shape index (κ1) is 12.6. The Hall–Kier alpha value is -1.82. The third-order valence-electron chi connectivity index (χ3n) is 2.58. The van der Waals surface area contributed by atoms with Crippen molar-refractivity contribution in [3.8, 4) is 5.69 Å². The third-order valence-corrected chi connectivity index (χ3v) is 2.58. The predicted octanol–water partition coefficient (Wildman–Crippen LogP) is 2.91. The first-order valence-corrected chi connectivity index (χ1v) is 5.36. The molecule has 2 rings (SSSR count). The molecule has 0 amide bonds. The van der Waals surface area contributed by atoms with E-state index in [0.717, 1.165) is 18.0 Å². The Bertz CT molecular complexity index is 543. The molecule has 0 bridgehead atoms. The molecule has 0 aliphatic heterocycles. The Morgan fingerprint density at radius 1 is 1.28 bits per heavy atom. The van der Waals surface area contributed by atoms with Gasteiger partial charge >= 0.3 is 6.18 Å². The Kier molecular flexibility index (Phi) is 3.13. The second-order valence-corrected chi connectivity index (χ2v) is 4.02. The van der Waals surface area contributed by atoms with Crippen LogP contribution in [0.25, 0.3) is 5.69 Å². The Balaban J connectivity index is 2.47. The Labute approximate surface area is 102 Å². The molecule has 0 aliphatic carbocycles. The van der Waals surface area contributed by atoms with E-state index >= 15 is 0 Å². The van der Waals surface area contributed by atoms with Crippen LogP contribution in [0.4, 0.5) is 13.2 Å². The average molecular weight is 255 g/mol. The molecule has 0 unspecified atom stereocenters. The van der Waals surface area contributed by atoms with E-state index in [1.165, 1.54) is 4.68 Å². The van der Waals surface area contributed by atoms with Crippen LogP contribution in [0.3, 0.4) is 0 Å². The predicted molar refractivity (Wildman–Crippen MR) is 61.2 cm³/mol. The normalized spacial score (nSPS) is 13.6. The summed E-state index contributed by atoms with van der Waals surface area (Å²) >= 11 is 0. The smallest absolute Gasteiger partial charge is 0.324 e. The molecule has 1 aromatic carbocycles. The van der Waals surface area contributed by atoms with Crippen LogP contribution in [0, 0.1) is 0 Å². The lowest BCUT2D eigenvalue weighted by atomic mass is 10.1. The molecule has 96 valence electrons.